The van der Waals surface area contributed by atoms with Gasteiger partial charge in [0.2, 0.25) is 5.91 Å². The van der Waals surface area contributed by atoms with E-state index in [4.69, 9.17) is 16.3 Å². The largest absolute Gasteiger partial charge is 0.493 e. The van der Waals surface area contributed by atoms with Crippen molar-refractivity contribution in [3.05, 3.63) is 51.8 Å². The van der Waals surface area contributed by atoms with Gasteiger partial charge >= 0.3 is 0 Å². The van der Waals surface area contributed by atoms with Crippen LogP contribution in [-0.2, 0) is 21.1 Å². The number of amides is 1. The minimum Gasteiger partial charge on any atom is -0.493 e. The summed E-state index contributed by atoms with van der Waals surface area (Å²) < 4.78 is 29.5. The number of aromatic nitrogens is 1. The minimum absolute atomic E-state index is 0.0184. The van der Waals surface area contributed by atoms with Gasteiger partial charge in [-0.05, 0) is 36.8 Å². The topological polar surface area (TPSA) is 76.6 Å². The number of likely N-dealkylation sites (N-methyl/N-ethyl adjacent to an activating group) is 1. The van der Waals surface area contributed by atoms with Gasteiger partial charge in [0, 0.05) is 25.2 Å². The maximum atomic E-state index is 12.4. The van der Waals surface area contributed by atoms with E-state index in [1.807, 2.05) is 17.5 Å². The van der Waals surface area contributed by atoms with E-state index in [1.165, 1.54) is 34.8 Å². The van der Waals surface area contributed by atoms with Crippen molar-refractivity contribution in [2.45, 2.75) is 17.7 Å². The number of sulfone groups is 1. The predicted molar refractivity (Wildman–Crippen MR) is 121 cm³/mol. The lowest BCUT2D eigenvalue weighted by atomic mass is 10.3. The molecule has 160 valence electrons. The maximum absolute atomic E-state index is 12.4. The smallest absolute Gasteiger partial charge is 0.228 e. The fraction of sp³-hybridized carbons (Fsp3) is 0.300. The number of hydrogen-bond acceptors (Lipinski definition) is 7. The van der Waals surface area contributed by atoms with E-state index in [0.717, 1.165) is 21.8 Å². The summed E-state index contributed by atoms with van der Waals surface area (Å²) in [6.07, 6.45) is 2.03. The quantitative estimate of drug-likeness (QED) is 0.421. The Balaban J connectivity index is 1.45. The highest BCUT2D eigenvalue weighted by atomic mass is 35.5. The molecule has 0 aliphatic rings. The molecule has 30 heavy (non-hydrogen) atoms. The Hall–Kier alpha value is -1.94. The van der Waals surface area contributed by atoms with Crippen LogP contribution in [0.3, 0.4) is 0 Å². The summed E-state index contributed by atoms with van der Waals surface area (Å²) in [6, 6.07) is 10.2. The van der Waals surface area contributed by atoms with Gasteiger partial charge in [0.05, 0.1) is 32.8 Å². The second-order valence-electron chi connectivity index (χ2n) is 6.69. The Morgan fingerprint density at radius 1 is 1.27 bits per heavy atom. The lowest BCUT2D eigenvalue weighted by molar-refractivity contribution is -0.129. The fourth-order valence-electron chi connectivity index (χ4n) is 2.63. The standard InChI is InChI=1S/C20H21ClN2O4S3/c1-23(9-4-10-27-15-5-3-6-16(12-15)30(2,25)26)19(24)11-14-13-28-20(22-14)17-7-8-18(21)29-17/h3,5-8,12-13H,4,9-11H2,1-2H3. The van der Waals surface area contributed by atoms with Crippen LogP contribution in [0.5, 0.6) is 5.75 Å². The van der Waals surface area contributed by atoms with E-state index >= 15 is 0 Å². The van der Waals surface area contributed by atoms with Crippen molar-refractivity contribution < 1.29 is 17.9 Å². The Morgan fingerprint density at radius 3 is 2.77 bits per heavy atom. The van der Waals surface area contributed by atoms with Crippen molar-refractivity contribution in [2.24, 2.45) is 0 Å². The molecule has 0 radical (unpaired) electrons. The first kappa shape index (κ1) is 22.7. The lowest BCUT2D eigenvalue weighted by Gasteiger charge is -2.17. The zero-order valence-corrected chi connectivity index (χ0v) is 19.7. The summed E-state index contributed by atoms with van der Waals surface area (Å²) in [6.45, 7) is 0.910. The first-order valence-electron chi connectivity index (χ1n) is 9.09. The Morgan fingerprint density at radius 2 is 2.07 bits per heavy atom. The third-order valence-corrected chi connectivity index (χ3v) is 7.64. The van der Waals surface area contributed by atoms with Crippen molar-refractivity contribution in [3.63, 3.8) is 0 Å². The number of thiazole rings is 1. The van der Waals surface area contributed by atoms with Crippen LogP contribution in [0.4, 0.5) is 0 Å². The van der Waals surface area contributed by atoms with E-state index in [0.29, 0.717) is 29.7 Å². The van der Waals surface area contributed by atoms with E-state index in [9.17, 15) is 13.2 Å². The zero-order chi connectivity index (χ0) is 21.7. The molecule has 0 unspecified atom stereocenters. The van der Waals surface area contributed by atoms with Crippen LogP contribution in [0, 0.1) is 0 Å². The molecule has 3 rings (SSSR count). The molecule has 0 atom stereocenters. The van der Waals surface area contributed by atoms with E-state index in [1.54, 1.807) is 24.1 Å². The van der Waals surface area contributed by atoms with Crippen LogP contribution >= 0.6 is 34.3 Å². The molecule has 2 heterocycles. The molecule has 0 N–H and O–H groups in total. The molecular weight excluding hydrogens is 464 g/mol. The molecule has 6 nitrogen and oxygen atoms in total. The van der Waals surface area contributed by atoms with Crippen molar-refractivity contribution in [2.75, 3.05) is 26.5 Å². The van der Waals surface area contributed by atoms with Gasteiger partial charge in [-0.3, -0.25) is 4.79 Å². The first-order chi connectivity index (χ1) is 14.2. The van der Waals surface area contributed by atoms with Crippen LogP contribution in [-0.4, -0.2) is 50.7 Å². The third kappa shape index (κ3) is 6.28. The van der Waals surface area contributed by atoms with Gasteiger partial charge in [-0.2, -0.15) is 0 Å². The maximum Gasteiger partial charge on any atom is 0.228 e. The summed E-state index contributed by atoms with van der Waals surface area (Å²) in [5, 5.41) is 2.76. The number of carbonyl (C=O) groups is 1. The van der Waals surface area contributed by atoms with E-state index in [2.05, 4.69) is 4.98 Å². The monoisotopic (exact) mass is 484 g/mol. The average Bonchev–Trinajstić information content (AvgIpc) is 3.33. The number of hydrogen-bond donors (Lipinski definition) is 0. The number of rotatable bonds is 9. The number of nitrogens with zero attached hydrogens (tertiary/aromatic N) is 2. The Kier molecular flexibility index (Phi) is 7.51. The summed E-state index contributed by atoms with van der Waals surface area (Å²) >= 11 is 8.93. The predicted octanol–water partition coefficient (Wildman–Crippen LogP) is 4.40. The van der Waals surface area contributed by atoms with E-state index in [-0.39, 0.29) is 17.2 Å². The SMILES string of the molecule is CN(CCCOc1cccc(S(C)(=O)=O)c1)C(=O)Cc1csc(-c2ccc(Cl)s2)n1. The number of thiophene rings is 1. The number of ether oxygens (including phenoxy) is 1. The molecule has 0 fully saturated rings. The second kappa shape index (κ2) is 9.91. The van der Waals surface area contributed by atoms with Gasteiger partial charge in [0.25, 0.3) is 0 Å². The van der Waals surface area contributed by atoms with Crippen LogP contribution in [0.2, 0.25) is 4.34 Å². The van der Waals surface area contributed by atoms with Crippen LogP contribution in [0.1, 0.15) is 12.1 Å². The Bertz CT molecular complexity index is 1120. The summed E-state index contributed by atoms with van der Waals surface area (Å²) in [5.41, 5.74) is 0.741. The molecule has 3 aromatic rings. The van der Waals surface area contributed by atoms with Gasteiger partial charge < -0.3 is 9.64 Å². The van der Waals surface area contributed by atoms with Crippen molar-refractivity contribution in [1.29, 1.82) is 0 Å². The summed E-state index contributed by atoms with van der Waals surface area (Å²) in [4.78, 5) is 19.8. The van der Waals surface area contributed by atoms with Crippen molar-refractivity contribution in [1.82, 2.24) is 9.88 Å². The molecule has 0 spiro atoms. The van der Waals surface area contributed by atoms with E-state index < -0.39 is 9.84 Å². The van der Waals surface area contributed by atoms with Gasteiger partial charge in [-0.1, -0.05) is 17.7 Å². The minimum atomic E-state index is -3.27. The molecule has 0 bridgehead atoms. The number of carbonyl (C=O) groups excluding carboxylic acids is 1. The zero-order valence-electron chi connectivity index (χ0n) is 16.5. The molecule has 2 aromatic heterocycles. The fourth-order valence-corrected chi connectivity index (χ4v) is 5.22. The normalized spacial score (nSPS) is 11.4. The molecule has 10 heteroatoms. The van der Waals surface area contributed by atoms with Crippen molar-refractivity contribution in [3.8, 4) is 15.6 Å². The lowest BCUT2D eigenvalue weighted by Crippen LogP contribution is -2.30. The molecule has 0 saturated heterocycles. The summed E-state index contributed by atoms with van der Waals surface area (Å²) in [5.74, 6) is 0.478. The molecule has 1 aromatic carbocycles. The molecule has 0 saturated carbocycles. The van der Waals surface area contributed by atoms with Crippen LogP contribution in [0.15, 0.2) is 46.7 Å². The van der Waals surface area contributed by atoms with Crippen LogP contribution in [0.25, 0.3) is 9.88 Å². The van der Waals surface area contributed by atoms with Gasteiger partial charge in [-0.25, -0.2) is 13.4 Å². The highest BCUT2D eigenvalue weighted by Gasteiger charge is 2.14. The van der Waals surface area contributed by atoms with Gasteiger partial charge in [0.1, 0.15) is 10.8 Å². The van der Waals surface area contributed by atoms with Crippen LogP contribution < -0.4 is 4.74 Å². The molecule has 0 aliphatic heterocycles. The average molecular weight is 485 g/mol. The Labute approximate surface area is 189 Å². The number of halogens is 1. The van der Waals surface area contributed by atoms with Gasteiger partial charge in [-0.15, -0.1) is 22.7 Å². The van der Waals surface area contributed by atoms with Crippen molar-refractivity contribution >= 4 is 50.0 Å². The highest BCUT2D eigenvalue weighted by molar-refractivity contribution is 7.90. The summed E-state index contributed by atoms with van der Waals surface area (Å²) in [7, 11) is -1.52. The first-order valence-corrected chi connectivity index (χ1v) is 13.1. The highest BCUT2D eigenvalue weighted by Crippen LogP contribution is 2.33. The number of benzene rings is 1. The molecule has 0 aliphatic carbocycles. The molecule has 1 amide bonds. The molecular formula is C20H21ClN2O4S3. The third-order valence-electron chi connectivity index (χ3n) is 4.23. The second-order valence-corrected chi connectivity index (χ2v) is 11.3. The van der Waals surface area contributed by atoms with Gasteiger partial charge in [0.15, 0.2) is 9.84 Å².